The van der Waals surface area contributed by atoms with E-state index in [9.17, 15) is 0 Å². The summed E-state index contributed by atoms with van der Waals surface area (Å²) in [5.41, 5.74) is 0. The van der Waals surface area contributed by atoms with E-state index in [2.05, 4.69) is 0 Å². The van der Waals surface area contributed by atoms with Crippen LogP contribution in [0.4, 0.5) is 0 Å². The van der Waals surface area contributed by atoms with Gasteiger partial charge < -0.3 is 274 Å². The maximum absolute atomic E-state index is 0. The zero-order valence-electron chi connectivity index (χ0n) is 25.7. The summed E-state index contributed by atoms with van der Waals surface area (Å²) in [6, 6.07) is 0. The first-order chi connectivity index (χ1) is 0. The molecule has 0 atom stereocenters. The Hall–Kier alpha value is 3.71. The van der Waals surface area contributed by atoms with Crippen molar-refractivity contribution in [1.29, 1.82) is 0 Å². The van der Waals surface area contributed by atoms with Crippen molar-refractivity contribution in [3.05, 3.63) is 0 Å². The Morgan fingerprint density at radius 2 is 0.0328 bits per heavy atom. The smallest absolute Gasteiger partial charge is 0.870 e. The van der Waals surface area contributed by atoms with Gasteiger partial charge in [-0.25, -0.2) is 0 Å². The second-order valence-electron chi connectivity index (χ2n) is 0. The quantitative estimate of drug-likeness (QED) is 0.203. The molecule has 0 heterocycles. The van der Waals surface area contributed by atoms with Gasteiger partial charge in [0.15, 0.2) is 0 Å². The standard InChI is InChI=1S/11Cu.50H2O/h;;;;;;;;;;;50*1H2/q11*+2;;;;;;;;;;;;;;;;;;;;;;;;;;;;;;;;;;;;;;;;;;;;;;;;;;/p-50. The fourth-order valence-corrected chi connectivity index (χ4v) is 0. The van der Waals surface area contributed by atoms with Crippen LogP contribution < -0.4 is 0 Å². The Bertz CT molecular complexity index is 41.5. The van der Waals surface area contributed by atoms with Gasteiger partial charge in [-0.15, -0.1) is 0 Å². The summed E-state index contributed by atoms with van der Waals surface area (Å²) in [4.78, 5) is 0. The molecule has 0 unspecified atom stereocenters. The Kier molecular flexibility index (Phi) is 5670000. The van der Waals surface area contributed by atoms with Gasteiger partial charge in [0.05, 0.1) is 0 Å². The second kappa shape index (κ2) is 18200. The van der Waals surface area contributed by atoms with Crippen LogP contribution in [0.15, 0.2) is 0 Å². The molecule has 0 spiro atoms. The molecule has 0 aromatic rings. The Morgan fingerprint density at radius 3 is 0.0328 bits per heavy atom. The van der Waals surface area contributed by atoms with Gasteiger partial charge in [-0.1, -0.05) is 0 Å². The van der Waals surface area contributed by atoms with Crippen molar-refractivity contribution in [2.45, 2.75) is 0 Å². The summed E-state index contributed by atoms with van der Waals surface area (Å²) in [6.07, 6.45) is 0. The average molecular weight is 1550 g/mol. The molecular formula is H50Cu11O50-28. The molecule has 499 valence electrons. The van der Waals surface area contributed by atoms with Crippen LogP contribution in [-0.4, -0.2) is 274 Å². The van der Waals surface area contributed by atoms with Crippen molar-refractivity contribution < 1.29 is 462 Å². The average Bonchev–Trinajstić information content (AvgIpc) is 0. The molecule has 61 heavy (non-hydrogen) atoms. The molecule has 0 aliphatic rings. The molecule has 0 aliphatic carbocycles. The minimum absolute atomic E-state index is 0. The Labute approximate surface area is 458 Å². The largest absolute Gasteiger partial charge is 2.00 e. The SMILES string of the molecule is [Cu+2].[Cu+2].[Cu+2].[Cu+2].[Cu+2].[Cu+2].[Cu+2].[Cu+2].[Cu+2].[Cu+2].[Cu+2].[OH-].[OH-].[OH-].[OH-].[OH-].[OH-].[OH-].[OH-].[OH-].[OH-].[OH-].[OH-].[OH-].[OH-].[OH-].[OH-].[OH-].[OH-].[OH-].[OH-].[OH-].[OH-].[OH-].[OH-].[OH-].[OH-].[OH-].[OH-].[OH-].[OH-].[OH-].[OH-].[OH-].[OH-].[OH-].[OH-].[OH-].[OH-].[OH-].[OH-].[OH-].[OH-].[OH-].[OH-].[OH-].[OH-].[OH-].[OH-].[OH-].[OH-]. The van der Waals surface area contributed by atoms with Crippen LogP contribution in [0, 0.1) is 0 Å². The minimum Gasteiger partial charge on any atom is -0.870 e. The van der Waals surface area contributed by atoms with Crippen LogP contribution in [0.3, 0.4) is 0 Å². The third-order valence-electron chi connectivity index (χ3n) is 0. The maximum atomic E-state index is 0. The van der Waals surface area contributed by atoms with Crippen molar-refractivity contribution in [2.75, 3.05) is 0 Å². The monoisotopic (exact) mass is 1540 g/mol. The third kappa shape index (κ3) is 17600. The fraction of sp³-hybridized carbons (Fsp3) is 0. The van der Waals surface area contributed by atoms with Crippen LogP contribution in [0.2, 0.25) is 0 Å². The normalized spacial score (nSPS) is 0. The van der Waals surface area contributed by atoms with Crippen molar-refractivity contribution in [1.82, 2.24) is 0 Å². The van der Waals surface area contributed by atoms with E-state index in [4.69, 9.17) is 0 Å². The van der Waals surface area contributed by atoms with Crippen molar-refractivity contribution in [2.24, 2.45) is 0 Å². The first kappa shape index (κ1) is 19000. The van der Waals surface area contributed by atoms with Gasteiger partial charge in [-0.05, 0) is 0 Å². The van der Waals surface area contributed by atoms with Gasteiger partial charge >= 0.3 is 188 Å². The van der Waals surface area contributed by atoms with E-state index in [0.29, 0.717) is 0 Å². The Balaban J connectivity index is 0. The summed E-state index contributed by atoms with van der Waals surface area (Å²) < 4.78 is 0. The second-order valence-corrected chi connectivity index (χ2v) is 0. The molecule has 0 aliphatic heterocycles. The topological polar surface area (TPSA) is 1500 Å². The maximum Gasteiger partial charge on any atom is 2.00 e. The summed E-state index contributed by atoms with van der Waals surface area (Å²) in [6.45, 7) is 0. The van der Waals surface area contributed by atoms with E-state index in [-0.39, 0.29) is 462 Å². The number of hydrogen-bond acceptors (Lipinski definition) is 50. The molecule has 11 radical (unpaired) electrons. The summed E-state index contributed by atoms with van der Waals surface area (Å²) in [5, 5.41) is 0. The Morgan fingerprint density at radius 1 is 0.0328 bits per heavy atom. The minimum atomic E-state index is 0. The van der Waals surface area contributed by atoms with Crippen molar-refractivity contribution in [3.8, 4) is 0 Å². The molecule has 0 aromatic heterocycles. The zero-order valence-corrected chi connectivity index (χ0v) is 36.0. The molecular weight excluding hydrogens is 1500 g/mol. The van der Waals surface area contributed by atoms with E-state index in [1.807, 2.05) is 0 Å². The van der Waals surface area contributed by atoms with Crippen LogP contribution in [-0.2, 0) is 188 Å². The molecule has 61 heteroatoms. The summed E-state index contributed by atoms with van der Waals surface area (Å²) in [5.74, 6) is 0. The molecule has 0 saturated heterocycles. The van der Waals surface area contributed by atoms with E-state index < -0.39 is 0 Å². The van der Waals surface area contributed by atoms with Gasteiger partial charge in [0, 0.05) is 0 Å². The van der Waals surface area contributed by atoms with Crippen molar-refractivity contribution in [3.63, 3.8) is 0 Å². The van der Waals surface area contributed by atoms with Crippen LogP contribution >= 0.6 is 0 Å². The first-order valence-electron chi connectivity index (χ1n) is 0. The van der Waals surface area contributed by atoms with E-state index >= 15 is 0 Å². The number of hydrogen-bond donors (Lipinski definition) is 0. The molecule has 0 rings (SSSR count). The first-order valence-corrected chi connectivity index (χ1v) is 0. The summed E-state index contributed by atoms with van der Waals surface area (Å²) in [7, 11) is 0. The summed E-state index contributed by atoms with van der Waals surface area (Å²) >= 11 is 0. The number of rotatable bonds is 0. The molecule has 0 saturated carbocycles. The predicted octanol–water partition coefficient (Wildman–Crippen LogP) is -8.87. The molecule has 50 N–H and O–H groups in total. The van der Waals surface area contributed by atoms with Gasteiger partial charge in [0.25, 0.3) is 0 Å². The third-order valence-corrected chi connectivity index (χ3v) is 0. The van der Waals surface area contributed by atoms with Crippen LogP contribution in [0.1, 0.15) is 0 Å². The van der Waals surface area contributed by atoms with Crippen LogP contribution in [0.25, 0.3) is 0 Å². The van der Waals surface area contributed by atoms with E-state index in [1.165, 1.54) is 0 Å². The molecule has 0 bridgehead atoms. The van der Waals surface area contributed by atoms with E-state index in [0.717, 1.165) is 0 Å². The van der Waals surface area contributed by atoms with Gasteiger partial charge in [-0.2, -0.15) is 0 Å². The van der Waals surface area contributed by atoms with Gasteiger partial charge in [0.2, 0.25) is 0 Å². The zero-order chi connectivity index (χ0) is 0. The van der Waals surface area contributed by atoms with Gasteiger partial charge in [-0.3, -0.25) is 0 Å². The van der Waals surface area contributed by atoms with Crippen LogP contribution in [0.5, 0.6) is 0 Å². The molecule has 50 nitrogen and oxygen atoms in total. The predicted molar refractivity (Wildman–Crippen MR) is 96.8 cm³/mol. The van der Waals surface area contributed by atoms with Crippen molar-refractivity contribution >= 4 is 0 Å². The van der Waals surface area contributed by atoms with Gasteiger partial charge in [0.1, 0.15) is 0 Å². The molecule has 0 fully saturated rings. The molecule has 0 aromatic carbocycles. The fourth-order valence-electron chi connectivity index (χ4n) is 0. The van der Waals surface area contributed by atoms with E-state index in [1.54, 1.807) is 0 Å². The molecule has 0 amide bonds.